The van der Waals surface area contributed by atoms with Crippen molar-refractivity contribution in [2.75, 3.05) is 52.1 Å². The smallest absolute Gasteiger partial charge is 0.320 e. The number of amides is 2. The molecule has 4 rings (SSSR count). The number of hydrogen-bond donors (Lipinski definition) is 1. The van der Waals surface area contributed by atoms with Crippen molar-refractivity contribution in [1.29, 1.82) is 0 Å². The summed E-state index contributed by atoms with van der Waals surface area (Å²) in [6.07, 6.45) is 5.22. The Morgan fingerprint density at radius 2 is 1.81 bits per heavy atom. The maximum absolute atomic E-state index is 13.1. The summed E-state index contributed by atoms with van der Waals surface area (Å²) in [4.78, 5) is 32.9. The molecule has 4 heterocycles. The summed E-state index contributed by atoms with van der Waals surface area (Å²) in [6, 6.07) is 9.84. The number of hydrogen-bond acceptors (Lipinski definition) is 7. The SMILES string of the molecule is CO/N=C(/c1ccccn1)C1CCN(C(=O)N2CCN(Cc3ccnc(N)c3)CC2)CC1. The maximum Gasteiger partial charge on any atom is 0.320 e. The van der Waals surface area contributed by atoms with Gasteiger partial charge in [0.1, 0.15) is 18.6 Å². The summed E-state index contributed by atoms with van der Waals surface area (Å²) in [6.45, 7) is 5.46. The molecule has 0 atom stereocenters. The van der Waals surface area contributed by atoms with Crippen LogP contribution < -0.4 is 5.73 Å². The van der Waals surface area contributed by atoms with Gasteiger partial charge in [-0.25, -0.2) is 9.78 Å². The van der Waals surface area contributed by atoms with Gasteiger partial charge in [-0.2, -0.15) is 0 Å². The number of piperazine rings is 1. The fourth-order valence-corrected chi connectivity index (χ4v) is 4.44. The third-order valence-electron chi connectivity index (χ3n) is 6.16. The Kier molecular flexibility index (Phi) is 7.16. The van der Waals surface area contributed by atoms with E-state index < -0.39 is 0 Å². The van der Waals surface area contributed by atoms with E-state index in [2.05, 4.69) is 20.0 Å². The third-order valence-corrected chi connectivity index (χ3v) is 6.16. The summed E-state index contributed by atoms with van der Waals surface area (Å²) < 4.78 is 0. The fraction of sp³-hybridized carbons (Fsp3) is 0.478. The van der Waals surface area contributed by atoms with Gasteiger partial charge < -0.3 is 20.4 Å². The zero-order chi connectivity index (χ0) is 22.3. The number of nitrogens with zero attached hydrogens (tertiary/aromatic N) is 6. The summed E-state index contributed by atoms with van der Waals surface area (Å²) in [7, 11) is 1.56. The number of aromatic nitrogens is 2. The van der Waals surface area contributed by atoms with E-state index in [1.165, 1.54) is 0 Å². The number of piperidine rings is 1. The number of nitrogens with two attached hydrogens (primary N) is 1. The molecule has 0 unspecified atom stereocenters. The zero-order valence-corrected chi connectivity index (χ0v) is 18.6. The minimum Gasteiger partial charge on any atom is -0.399 e. The maximum atomic E-state index is 13.1. The zero-order valence-electron chi connectivity index (χ0n) is 18.6. The van der Waals surface area contributed by atoms with E-state index in [-0.39, 0.29) is 11.9 Å². The molecule has 2 aromatic rings. The van der Waals surface area contributed by atoms with Crippen LogP contribution in [0.15, 0.2) is 47.9 Å². The predicted molar refractivity (Wildman–Crippen MR) is 123 cm³/mol. The van der Waals surface area contributed by atoms with Gasteiger partial charge in [-0.1, -0.05) is 11.2 Å². The number of anilines is 1. The molecule has 0 bridgehead atoms. The average molecular weight is 438 g/mol. The molecule has 170 valence electrons. The first-order chi connectivity index (χ1) is 15.6. The second-order valence-electron chi connectivity index (χ2n) is 8.27. The van der Waals surface area contributed by atoms with Gasteiger partial charge in [0.05, 0.1) is 5.69 Å². The van der Waals surface area contributed by atoms with Crippen LogP contribution in [0.5, 0.6) is 0 Å². The number of carbonyl (C=O) groups excluding carboxylic acids is 1. The summed E-state index contributed by atoms with van der Waals surface area (Å²) in [5.74, 6) is 0.778. The van der Waals surface area contributed by atoms with Crippen LogP contribution in [0.25, 0.3) is 0 Å². The van der Waals surface area contributed by atoms with E-state index in [4.69, 9.17) is 10.6 Å². The van der Waals surface area contributed by atoms with Crippen molar-refractivity contribution in [1.82, 2.24) is 24.7 Å². The molecule has 2 saturated heterocycles. The van der Waals surface area contributed by atoms with E-state index in [9.17, 15) is 4.79 Å². The highest BCUT2D eigenvalue weighted by molar-refractivity contribution is 6.00. The van der Waals surface area contributed by atoms with Crippen LogP contribution in [0.1, 0.15) is 24.1 Å². The van der Waals surface area contributed by atoms with Crippen molar-refractivity contribution in [3.8, 4) is 0 Å². The number of rotatable bonds is 5. The molecule has 0 radical (unpaired) electrons. The number of nitrogen functional groups attached to an aromatic ring is 1. The molecular formula is C23H31N7O2. The molecule has 0 saturated carbocycles. The van der Waals surface area contributed by atoms with Gasteiger partial charge in [-0.15, -0.1) is 0 Å². The van der Waals surface area contributed by atoms with Crippen LogP contribution in [0.4, 0.5) is 10.6 Å². The molecule has 2 N–H and O–H groups in total. The van der Waals surface area contributed by atoms with Crippen molar-refractivity contribution >= 4 is 17.6 Å². The van der Waals surface area contributed by atoms with Gasteiger partial charge in [0.2, 0.25) is 0 Å². The number of carbonyl (C=O) groups is 1. The number of likely N-dealkylation sites (tertiary alicyclic amines) is 1. The van der Waals surface area contributed by atoms with E-state index in [0.29, 0.717) is 5.82 Å². The van der Waals surface area contributed by atoms with Gasteiger partial charge in [-0.05, 0) is 42.7 Å². The lowest BCUT2D eigenvalue weighted by Gasteiger charge is -2.39. The molecule has 2 aliphatic heterocycles. The fourth-order valence-electron chi connectivity index (χ4n) is 4.44. The lowest BCUT2D eigenvalue weighted by atomic mass is 9.90. The molecular weight excluding hydrogens is 406 g/mol. The molecule has 9 heteroatoms. The predicted octanol–water partition coefficient (Wildman–Crippen LogP) is 2.06. The van der Waals surface area contributed by atoms with Crippen molar-refractivity contribution in [3.63, 3.8) is 0 Å². The van der Waals surface area contributed by atoms with Crippen LogP contribution in [-0.4, -0.2) is 82.8 Å². The van der Waals surface area contributed by atoms with E-state index in [0.717, 1.165) is 75.6 Å². The largest absolute Gasteiger partial charge is 0.399 e. The highest BCUT2D eigenvalue weighted by Gasteiger charge is 2.31. The first-order valence-corrected chi connectivity index (χ1v) is 11.1. The van der Waals surface area contributed by atoms with Gasteiger partial charge in [-0.3, -0.25) is 9.88 Å². The van der Waals surface area contributed by atoms with Crippen LogP contribution in [-0.2, 0) is 11.4 Å². The van der Waals surface area contributed by atoms with Crippen LogP contribution in [0.2, 0.25) is 0 Å². The minimum atomic E-state index is 0.138. The highest BCUT2D eigenvalue weighted by atomic mass is 16.6. The van der Waals surface area contributed by atoms with E-state index in [1.54, 1.807) is 19.5 Å². The number of urea groups is 1. The van der Waals surface area contributed by atoms with Crippen molar-refractivity contribution in [2.24, 2.45) is 11.1 Å². The van der Waals surface area contributed by atoms with Gasteiger partial charge in [0.25, 0.3) is 0 Å². The first-order valence-electron chi connectivity index (χ1n) is 11.1. The Labute approximate surface area is 188 Å². The van der Waals surface area contributed by atoms with Crippen molar-refractivity contribution in [3.05, 3.63) is 54.0 Å². The molecule has 0 spiro atoms. The number of pyridine rings is 2. The Morgan fingerprint density at radius 3 is 2.47 bits per heavy atom. The molecule has 0 aliphatic carbocycles. The standard InChI is InChI=1S/C23H31N7O2/c1-32-27-22(20-4-2-3-8-25-20)19-6-10-29(11-7-19)23(31)30-14-12-28(13-15-30)17-18-5-9-26-21(24)16-18/h2-5,8-9,16,19H,6-7,10-15,17H2,1H3,(H2,24,26)/b27-22+. The van der Waals surface area contributed by atoms with E-state index >= 15 is 0 Å². The van der Waals surface area contributed by atoms with Crippen LogP contribution >= 0.6 is 0 Å². The molecule has 2 amide bonds. The molecule has 0 aromatic carbocycles. The second-order valence-corrected chi connectivity index (χ2v) is 8.27. The summed E-state index contributed by atoms with van der Waals surface area (Å²) >= 11 is 0. The molecule has 32 heavy (non-hydrogen) atoms. The van der Waals surface area contributed by atoms with E-state index in [1.807, 2.05) is 40.1 Å². The van der Waals surface area contributed by atoms with Crippen LogP contribution in [0.3, 0.4) is 0 Å². The Bertz CT molecular complexity index is 921. The second kappa shape index (κ2) is 10.4. The Balaban J connectivity index is 1.27. The Hall–Kier alpha value is -3.20. The number of oxime groups is 1. The van der Waals surface area contributed by atoms with Gasteiger partial charge >= 0.3 is 6.03 Å². The third kappa shape index (κ3) is 5.34. The normalized spacial score (nSPS) is 18.6. The summed E-state index contributed by atoms with van der Waals surface area (Å²) in [5.41, 5.74) is 8.64. The average Bonchev–Trinajstić information content (AvgIpc) is 2.83. The molecule has 2 fully saturated rings. The van der Waals surface area contributed by atoms with Gasteiger partial charge in [0.15, 0.2) is 0 Å². The monoisotopic (exact) mass is 437 g/mol. The van der Waals surface area contributed by atoms with Gasteiger partial charge in [0, 0.05) is 64.1 Å². The quantitative estimate of drug-likeness (QED) is 0.568. The summed E-state index contributed by atoms with van der Waals surface area (Å²) in [5, 5.41) is 4.25. The van der Waals surface area contributed by atoms with Crippen LogP contribution in [0, 0.1) is 5.92 Å². The minimum absolute atomic E-state index is 0.138. The molecule has 2 aromatic heterocycles. The Morgan fingerprint density at radius 1 is 1.06 bits per heavy atom. The van der Waals surface area contributed by atoms with Crippen molar-refractivity contribution in [2.45, 2.75) is 19.4 Å². The van der Waals surface area contributed by atoms with Crippen molar-refractivity contribution < 1.29 is 9.63 Å². The first kappa shape index (κ1) is 22.0. The highest BCUT2D eigenvalue weighted by Crippen LogP contribution is 2.23. The molecule has 9 nitrogen and oxygen atoms in total. The molecule has 2 aliphatic rings. The lowest BCUT2D eigenvalue weighted by Crippen LogP contribution is -2.54. The topological polar surface area (TPSA) is 100 Å². The lowest BCUT2D eigenvalue weighted by molar-refractivity contribution is 0.102.